The largest absolute Gasteiger partial charge is 0.490 e. The Balaban J connectivity index is 0.000000809. The fourth-order valence-corrected chi connectivity index (χ4v) is 4.21. The molecule has 2 aromatic rings. The van der Waals surface area contributed by atoms with Crippen LogP contribution in [0.25, 0.3) is 11.1 Å². The van der Waals surface area contributed by atoms with E-state index < -0.39 is 44.0 Å². The molecule has 0 aliphatic rings. The molecular formula is C20H23F3N4O7S2. The van der Waals surface area contributed by atoms with Crippen LogP contribution in [0.4, 0.5) is 13.2 Å². The monoisotopic (exact) mass is 552 g/mol. The smallest absolute Gasteiger partial charge is 0.475 e. The molecule has 36 heavy (non-hydrogen) atoms. The number of sulfone groups is 1. The Morgan fingerprint density at radius 1 is 1.08 bits per heavy atom. The van der Waals surface area contributed by atoms with Gasteiger partial charge in [-0.3, -0.25) is 9.52 Å². The lowest BCUT2D eigenvalue weighted by molar-refractivity contribution is -0.192. The predicted octanol–water partition coefficient (Wildman–Crippen LogP) is 0.629. The summed E-state index contributed by atoms with van der Waals surface area (Å²) in [7, 11) is -7.19. The van der Waals surface area contributed by atoms with Gasteiger partial charge in [0.05, 0.1) is 23.4 Å². The maximum atomic E-state index is 12.1. The molecule has 2 rings (SSSR count). The number of halogens is 3. The van der Waals surface area contributed by atoms with E-state index in [9.17, 15) is 34.8 Å². The topological polar surface area (TPSA) is 199 Å². The lowest BCUT2D eigenvalue weighted by Gasteiger charge is -2.14. The maximum Gasteiger partial charge on any atom is 0.490 e. The fourth-order valence-electron chi connectivity index (χ4n) is 2.79. The minimum atomic E-state index is -5.08. The van der Waals surface area contributed by atoms with E-state index in [-0.39, 0.29) is 11.3 Å². The number of carbonyl (C=O) groups excluding carboxylic acids is 1. The lowest BCUT2D eigenvalue weighted by atomic mass is 9.95. The molecule has 6 N–H and O–H groups in total. The Bertz CT molecular complexity index is 1360. The number of benzene rings is 2. The van der Waals surface area contributed by atoms with Crippen molar-refractivity contribution in [2.75, 3.05) is 12.5 Å². The molecule has 1 amide bonds. The van der Waals surface area contributed by atoms with Gasteiger partial charge < -0.3 is 16.7 Å². The van der Waals surface area contributed by atoms with Crippen molar-refractivity contribution < 1.29 is 44.7 Å². The molecule has 0 unspecified atom stereocenters. The molecule has 0 aliphatic carbocycles. The minimum absolute atomic E-state index is 0.0563. The molecule has 11 nitrogen and oxygen atoms in total. The van der Waals surface area contributed by atoms with Crippen LogP contribution in [0.15, 0.2) is 52.5 Å². The summed E-state index contributed by atoms with van der Waals surface area (Å²) in [6.45, 7) is 0. The van der Waals surface area contributed by atoms with Gasteiger partial charge in [0.1, 0.15) is 0 Å². The van der Waals surface area contributed by atoms with Crippen molar-refractivity contribution in [1.29, 1.82) is 0 Å². The lowest BCUT2D eigenvalue weighted by Crippen LogP contribution is -2.44. The van der Waals surface area contributed by atoms with Gasteiger partial charge in [0.2, 0.25) is 10.0 Å². The molecule has 1 atom stereocenters. The number of hydrogen-bond acceptors (Lipinski definition) is 9. The van der Waals surface area contributed by atoms with Crippen LogP contribution in [0.5, 0.6) is 0 Å². The molecular weight excluding hydrogens is 529 g/mol. The summed E-state index contributed by atoms with van der Waals surface area (Å²) < 4.78 is 80.2. The average molecular weight is 553 g/mol. The summed E-state index contributed by atoms with van der Waals surface area (Å²) in [6, 6.07) is 10.4. The molecule has 0 heterocycles. The summed E-state index contributed by atoms with van der Waals surface area (Å²) in [5, 5.41) is 10.6. The van der Waals surface area contributed by atoms with Crippen LogP contribution in [0.1, 0.15) is 11.1 Å². The van der Waals surface area contributed by atoms with Gasteiger partial charge in [-0.2, -0.15) is 18.3 Å². The van der Waals surface area contributed by atoms with Crippen molar-refractivity contribution in [2.45, 2.75) is 23.5 Å². The van der Waals surface area contributed by atoms with Gasteiger partial charge in [0.25, 0.3) is 5.91 Å². The zero-order chi connectivity index (χ0) is 27.9. The first-order valence-electron chi connectivity index (χ1n) is 9.59. The molecule has 0 spiro atoms. The molecule has 0 radical (unpaired) electrons. The van der Waals surface area contributed by atoms with E-state index in [1.54, 1.807) is 36.4 Å². The average Bonchev–Trinajstić information content (AvgIpc) is 2.72. The Morgan fingerprint density at radius 2 is 1.64 bits per heavy atom. The van der Waals surface area contributed by atoms with E-state index in [4.69, 9.17) is 21.5 Å². The van der Waals surface area contributed by atoms with E-state index in [2.05, 4.69) is 5.10 Å². The van der Waals surface area contributed by atoms with Gasteiger partial charge in [-0.1, -0.05) is 30.3 Å². The number of hydrogen-bond donors (Lipinski definition) is 4. The Hall–Kier alpha value is -3.50. The zero-order valence-electron chi connectivity index (χ0n) is 18.9. The van der Waals surface area contributed by atoms with Gasteiger partial charge in [0.15, 0.2) is 9.84 Å². The van der Waals surface area contributed by atoms with Crippen LogP contribution < -0.4 is 16.3 Å². The molecule has 16 heteroatoms. The zero-order valence-corrected chi connectivity index (χ0v) is 20.5. The van der Waals surface area contributed by atoms with E-state index in [0.717, 1.165) is 12.5 Å². The predicted molar refractivity (Wildman–Crippen MR) is 125 cm³/mol. The normalized spacial score (nSPS) is 12.9. The SMILES string of the molecule is CS(=O)(=O)NC(=O)[C@@H](N)Cc1ccc(-c2ccccc2S(C)(=O)=O)c(C=NN)c1.O=C(O)C(F)(F)F. The number of alkyl halides is 3. The Kier molecular flexibility index (Phi) is 10.1. The van der Waals surface area contributed by atoms with Crippen molar-refractivity contribution in [1.82, 2.24) is 4.72 Å². The van der Waals surface area contributed by atoms with E-state index in [0.29, 0.717) is 22.3 Å². The molecule has 0 bridgehead atoms. The molecule has 0 fully saturated rings. The van der Waals surface area contributed by atoms with Crippen molar-refractivity contribution >= 4 is 38.0 Å². The third-order valence-electron chi connectivity index (χ3n) is 4.23. The number of rotatable bonds is 7. The van der Waals surface area contributed by atoms with E-state index in [1.807, 2.05) is 4.72 Å². The second-order valence-corrected chi connectivity index (χ2v) is 11.1. The summed E-state index contributed by atoms with van der Waals surface area (Å²) in [5.74, 6) is 1.71. The Morgan fingerprint density at radius 3 is 2.11 bits per heavy atom. The standard InChI is InChI=1S/C18H22N4O5S2.C2HF3O2/c1-28(24,25)17-6-4-3-5-15(17)14-8-7-12(9-13(14)11-21-20)10-16(19)18(23)22-29(2,26)27;3-2(4,5)1(6)7/h3-9,11,16H,10,19-20H2,1-2H3,(H,22,23);(H,6,7)/t16-;/m0./s1. The molecule has 0 saturated heterocycles. The summed E-state index contributed by atoms with van der Waals surface area (Å²) in [4.78, 5) is 20.9. The number of carboxylic acids is 1. The second kappa shape index (κ2) is 12.0. The van der Waals surface area contributed by atoms with Gasteiger partial charge >= 0.3 is 12.1 Å². The van der Waals surface area contributed by atoms with Gasteiger partial charge in [-0.25, -0.2) is 21.6 Å². The van der Waals surface area contributed by atoms with Crippen molar-refractivity contribution in [3.05, 3.63) is 53.6 Å². The van der Waals surface area contributed by atoms with Crippen LogP contribution in [0.3, 0.4) is 0 Å². The van der Waals surface area contributed by atoms with Crippen LogP contribution in [-0.4, -0.2) is 64.8 Å². The van der Waals surface area contributed by atoms with Crippen molar-refractivity contribution in [3.63, 3.8) is 0 Å². The highest BCUT2D eigenvalue weighted by atomic mass is 32.2. The number of amides is 1. The number of hydrazone groups is 1. The number of aliphatic carboxylic acids is 1. The van der Waals surface area contributed by atoms with Crippen LogP contribution in [0, 0.1) is 0 Å². The molecule has 0 aliphatic heterocycles. The summed E-state index contributed by atoms with van der Waals surface area (Å²) in [6.07, 6.45) is -1.68. The second-order valence-electron chi connectivity index (χ2n) is 7.32. The van der Waals surface area contributed by atoms with E-state index >= 15 is 0 Å². The summed E-state index contributed by atoms with van der Waals surface area (Å²) in [5.41, 5.74) is 8.01. The Labute approximate surface area is 205 Å². The first kappa shape index (κ1) is 30.5. The van der Waals surface area contributed by atoms with Crippen LogP contribution in [-0.2, 0) is 35.9 Å². The highest BCUT2D eigenvalue weighted by Gasteiger charge is 2.38. The number of carboxylic acid groups (broad SMARTS) is 1. The molecule has 2 aromatic carbocycles. The number of nitrogens with zero attached hydrogens (tertiary/aromatic N) is 1. The third kappa shape index (κ3) is 9.63. The van der Waals surface area contributed by atoms with Crippen molar-refractivity contribution in [2.24, 2.45) is 16.7 Å². The fraction of sp³-hybridized carbons (Fsp3) is 0.250. The van der Waals surface area contributed by atoms with Gasteiger partial charge in [-0.05, 0) is 29.7 Å². The molecule has 0 saturated carbocycles. The number of carbonyl (C=O) groups is 2. The molecule has 198 valence electrons. The summed E-state index contributed by atoms with van der Waals surface area (Å²) >= 11 is 0. The van der Waals surface area contributed by atoms with Crippen LogP contribution >= 0.6 is 0 Å². The number of nitrogens with one attached hydrogen (secondary N) is 1. The quantitative estimate of drug-likeness (QED) is 0.216. The van der Waals surface area contributed by atoms with Gasteiger partial charge in [0, 0.05) is 17.4 Å². The third-order valence-corrected chi connectivity index (χ3v) is 5.95. The van der Waals surface area contributed by atoms with Gasteiger partial charge in [-0.15, -0.1) is 0 Å². The first-order valence-corrected chi connectivity index (χ1v) is 13.4. The first-order chi connectivity index (χ1) is 16.4. The highest BCUT2D eigenvalue weighted by Crippen LogP contribution is 2.30. The highest BCUT2D eigenvalue weighted by molar-refractivity contribution is 7.90. The molecule has 0 aromatic heterocycles. The van der Waals surface area contributed by atoms with Crippen molar-refractivity contribution in [3.8, 4) is 11.1 Å². The number of sulfonamides is 1. The maximum absolute atomic E-state index is 12.1. The van der Waals surface area contributed by atoms with E-state index in [1.165, 1.54) is 12.3 Å². The van der Waals surface area contributed by atoms with Crippen LogP contribution in [0.2, 0.25) is 0 Å². The number of nitrogens with two attached hydrogens (primary N) is 2. The minimum Gasteiger partial charge on any atom is -0.475 e.